The molecule has 0 saturated carbocycles. The van der Waals surface area contributed by atoms with Crippen LogP contribution in [0.3, 0.4) is 0 Å². The average Bonchev–Trinajstić information content (AvgIpc) is 2.92. The molecule has 0 atom stereocenters. The Balaban J connectivity index is 2.17. The summed E-state index contributed by atoms with van der Waals surface area (Å²) in [6.07, 6.45) is 0. The first-order valence-electron chi connectivity index (χ1n) is 7.22. The van der Waals surface area contributed by atoms with E-state index in [2.05, 4.69) is 4.99 Å². The van der Waals surface area contributed by atoms with Gasteiger partial charge in [0.05, 0.1) is 25.7 Å². The van der Waals surface area contributed by atoms with Gasteiger partial charge in [0.25, 0.3) is 11.6 Å². The minimum Gasteiger partial charge on any atom is -0.316 e. The van der Waals surface area contributed by atoms with Crippen LogP contribution in [0.2, 0.25) is 10.0 Å². The van der Waals surface area contributed by atoms with Gasteiger partial charge >= 0.3 is 0 Å². The van der Waals surface area contributed by atoms with Crippen LogP contribution in [0.25, 0.3) is 10.2 Å². The maximum Gasteiger partial charge on any atom is 0.281 e. The Morgan fingerprint density at radius 2 is 2.04 bits per heavy atom. The fourth-order valence-electron chi connectivity index (χ4n) is 2.37. The molecule has 128 valence electrons. The Hall–Kier alpha value is -2.22. The summed E-state index contributed by atoms with van der Waals surface area (Å²) in [5.41, 5.74) is 0.856. The van der Waals surface area contributed by atoms with Crippen molar-refractivity contribution < 1.29 is 9.72 Å². The summed E-state index contributed by atoms with van der Waals surface area (Å²) in [7, 11) is 0. The van der Waals surface area contributed by atoms with Gasteiger partial charge in [0, 0.05) is 23.7 Å². The van der Waals surface area contributed by atoms with Crippen molar-refractivity contribution in [2.24, 2.45) is 4.99 Å². The van der Waals surface area contributed by atoms with Crippen LogP contribution in [-0.2, 0) is 6.54 Å². The van der Waals surface area contributed by atoms with Gasteiger partial charge in [-0.2, -0.15) is 4.99 Å². The molecule has 0 aliphatic heterocycles. The first-order valence-corrected chi connectivity index (χ1v) is 8.80. The highest BCUT2D eigenvalue weighted by atomic mass is 35.5. The SMILES string of the molecule is CCn1c(=NC(=O)c2cc(Cl)ccc2Cl)sc2ccc([N+](=O)[O-])cc21. The number of nitrogens with zero attached hydrogens (tertiary/aromatic N) is 3. The van der Waals surface area contributed by atoms with Gasteiger partial charge in [-0.15, -0.1) is 0 Å². The molecule has 25 heavy (non-hydrogen) atoms. The van der Waals surface area contributed by atoms with E-state index in [1.54, 1.807) is 16.7 Å². The third-order valence-electron chi connectivity index (χ3n) is 3.55. The maximum atomic E-state index is 12.5. The molecule has 2 aromatic carbocycles. The quantitative estimate of drug-likeness (QED) is 0.477. The number of nitro benzene ring substituents is 1. The van der Waals surface area contributed by atoms with E-state index in [4.69, 9.17) is 23.2 Å². The Labute approximate surface area is 156 Å². The van der Waals surface area contributed by atoms with Crippen molar-refractivity contribution in [3.8, 4) is 0 Å². The topological polar surface area (TPSA) is 77.5 Å². The van der Waals surface area contributed by atoms with Crippen LogP contribution in [0.1, 0.15) is 17.3 Å². The molecular formula is C16H11Cl2N3O3S. The molecule has 1 heterocycles. The van der Waals surface area contributed by atoms with Crippen LogP contribution >= 0.6 is 34.5 Å². The highest BCUT2D eigenvalue weighted by Crippen LogP contribution is 2.24. The molecule has 0 unspecified atom stereocenters. The molecule has 1 aromatic heterocycles. The molecule has 0 N–H and O–H groups in total. The van der Waals surface area contributed by atoms with E-state index in [0.717, 1.165) is 4.70 Å². The third-order valence-corrected chi connectivity index (χ3v) is 5.17. The number of aromatic nitrogens is 1. The molecular weight excluding hydrogens is 385 g/mol. The predicted molar refractivity (Wildman–Crippen MR) is 98.5 cm³/mol. The molecule has 9 heteroatoms. The number of carbonyl (C=O) groups excluding carboxylic acids is 1. The number of halogens is 2. The van der Waals surface area contributed by atoms with E-state index in [0.29, 0.717) is 21.9 Å². The van der Waals surface area contributed by atoms with Gasteiger partial charge in [0.2, 0.25) is 0 Å². The minimum absolute atomic E-state index is 0.0109. The van der Waals surface area contributed by atoms with Crippen molar-refractivity contribution in [2.45, 2.75) is 13.5 Å². The van der Waals surface area contributed by atoms with Crippen LogP contribution < -0.4 is 4.80 Å². The Morgan fingerprint density at radius 1 is 1.28 bits per heavy atom. The predicted octanol–water partition coefficient (Wildman–Crippen LogP) is 4.68. The Morgan fingerprint density at radius 3 is 2.72 bits per heavy atom. The lowest BCUT2D eigenvalue weighted by molar-refractivity contribution is -0.384. The van der Waals surface area contributed by atoms with Crippen LogP contribution in [-0.4, -0.2) is 15.4 Å². The van der Waals surface area contributed by atoms with Crippen molar-refractivity contribution in [3.05, 3.63) is 66.9 Å². The highest BCUT2D eigenvalue weighted by molar-refractivity contribution is 7.16. The number of benzene rings is 2. The highest BCUT2D eigenvalue weighted by Gasteiger charge is 2.14. The van der Waals surface area contributed by atoms with Gasteiger partial charge in [-0.1, -0.05) is 34.5 Å². The second-order valence-electron chi connectivity index (χ2n) is 5.08. The average molecular weight is 396 g/mol. The standard InChI is InChI=1S/C16H11Cl2N3O3S/c1-2-20-13-8-10(21(23)24)4-6-14(13)25-16(20)19-15(22)11-7-9(17)3-5-12(11)18/h3-8H,2H2,1H3. The maximum absolute atomic E-state index is 12.5. The molecule has 6 nitrogen and oxygen atoms in total. The number of aryl methyl sites for hydroxylation is 1. The number of fused-ring (bicyclic) bond motifs is 1. The van der Waals surface area contributed by atoms with Gasteiger partial charge in [0.15, 0.2) is 4.80 Å². The van der Waals surface area contributed by atoms with E-state index in [-0.39, 0.29) is 16.3 Å². The zero-order valence-corrected chi connectivity index (χ0v) is 15.2. The Kier molecular flexibility index (Phi) is 4.89. The second-order valence-corrected chi connectivity index (χ2v) is 6.93. The second kappa shape index (κ2) is 6.95. The smallest absolute Gasteiger partial charge is 0.281 e. The number of non-ortho nitro benzene ring substituents is 1. The minimum atomic E-state index is -0.518. The lowest BCUT2D eigenvalue weighted by Crippen LogP contribution is -2.16. The molecule has 0 radical (unpaired) electrons. The van der Waals surface area contributed by atoms with Crippen molar-refractivity contribution in [3.63, 3.8) is 0 Å². The van der Waals surface area contributed by atoms with Gasteiger partial charge in [-0.05, 0) is 31.2 Å². The first-order chi connectivity index (χ1) is 11.9. The van der Waals surface area contributed by atoms with Crippen LogP contribution in [0, 0.1) is 10.1 Å². The van der Waals surface area contributed by atoms with E-state index in [1.165, 1.54) is 35.6 Å². The molecule has 0 aliphatic rings. The number of amides is 1. The van der Waals surface area contributed by atoms with E-state index < -0.39 is 10.8 Å². The van der Waals surface area contributed by atoms with E-state index in [9.17, 15) is 14.9 Å². The first kappa shape index (κ1) is 17.6. The molecule has 0 fully saturated rings. The third kappa shape index (κ3) is 3.44. The van der Waals surface area contributed by atoms with Crippen LogP contribution in [0.5, 0.6) is 0 Å². The van der Waals surface area contributed by atoms with Crippen molar-refractivity contribution in [2.75, 3.05) is 0 Å². The van der Waals surface area contributed by atoms with Gasteiger partial charge in [-0.3, -0.25) is 14.9 Å². The van der Waals surface area contributed by atoms with Crippen LogP contribution in [0.15, 0.2) is 41.4 Å². The van der Waals surface area contributed by atoms with Crippen molar-refractivity contribution >= 4 is 56.3 Å². The summed E-state index contributed by atoms with van der Waals surface area (Å²) < 4.78 is 2.56. The molecule has 1 amide bonds. The molecule has 3 rings (SSSR count). The summed E-state index contributed by atoms with van der Waals surface area (Å²) in [5.74, 6) is -0.518. The summed E-state index contributed by atoms with van der Waals surface area (Å²) in [6.45, 7) is 2.39. The molecule has 0 bridgehead atoms. The lowest BCUT2D eigenvalue weighted by atomic mass is 10.2. The van der Waals surface area contributed by atoms with Gasteiger partial charge < -0.3 is 4.57 Å². The zero-order valence-electron chi connectivity index (χ0n) is 12.9. The fraction of sp³-hybridized carbons (Fsp3) is 0.125. The summed E-state index contributed by atoms with van der Waals surface area (Å²) >= 11 is 13.2. The summed E-state index contributed by atoms with van der Waals surface area (Å²) in [4.78, 5) is 27.6. The molecule has 0 aliphatic carbocycles. The number of hydrogen-bond acceptors (Lipinski definition) is 4. The molecule has 3 aromatic rings. The Bertz CT molecular complexity index is 1070. The fourth-order valence-corrected chi connectivity index (χ4v) is 3.81. The largest absolute Gasteiger partial charge is 0.316 e. The van der Waals surface area contributed by atoms with Gasteiger partial charge in [0.1, 0.15) is 0 Å². The number of hydrogen-bond donors (Lipinski definition) is 0. The normalized spacial score (nSPS) is 11.9. The monoisotopic (exact) mass is 395 g/mol. The van der Waals surface area contributed by atoms with Crippen LogP contribution in [0.4, 0.5) is 5.69 Å². The van der Waals surface area contributed by atoms with Crippen molar-refractivity contribution in [1.82, 2.24) is 4.57 Å². The lowest BCUT2D eigenvalue weighted by Gasteiger charge is -2.01. The summed E-state index contributed by atoms with van der Waals surface area (Å²) in [6, 6.07) is 9.15. The number of nitro groups is 1. The number of carbonyl (C=O) groups is 1. The number of thiazole rings is 1. The number of rotatable bonds is 3. The summed E-state index contributed by atoms with van der Waals surface area (Å²) in [5, 5.41) is 11.6. The van der Waals surface area contributed by atoms with Gasteiger partial charge in [-0.25, -0.2) is 0 Å². The zero-order chi connectivity index (χ0) is 18.1. The van der Waals surface area contributed by atoms with Crippen molar-refractivity contribution in [1.29, 1.82) is 0 Å². The molecule has 0 spiro atoms. The van der Waals surface area contributed by atoms with E-state index >= 15 is 0 Å². The van der Waals surface area contributed by atoms with E-state index in [1.807, 2.05) is 6.92 Å². The molecule has 0 saturated heterocycles.